The van der Waals surface area contributed by atoms with Crippen LogP contribution in [0.2, 0.25) is 4.34 Å². The average Bonchev–Trinajstić information content (AvgIpc) is 3.35. The molecule has 3 fully saturated rings. The number of fused-ring (bicyclic) bond motifs is 5. The van der Waals surface area contributed by atoms with Crippen LogP contribution in [0.3, 0.4) is 0 Å². The van der Waals surface area contributed by atoms with Gasteiger partial charge in [0.2, 0.25) is 0 Å². The first-order chi connectivity index (χ1) is 16.9. The molecule has 3 saturated carbocycles. The van der Waals surface area contributed by atoms with Crippen LogP contribution in [0.1, 0.15) is 57.8 Å². The molecule has 1 heterocycles. The maximum Gasteiger partial charge on any atom is 0.338 e. The van der Waals surface area contributed by atoms with Gasteiger partial charge in [-0.05, 0) is 69.2 Å². The van der Waals surface area contributed by atoms with E-state index < -0.39 is 40.1 Å². The van der Waals surface area contributed by atoms with E-state index in [9.17, 15) is 19.8 Å². The summed E-state index contributed by atoms with van der Waals surface area (Å²) in [5.41, 5.74) is -4.96. The van der Waals surface area contributed by atoms with Crippen molar-refractivity contribution in [1.82, 2.24) is 5.06 Å². The molecular weight excluding hydrogens is 505 g/mol. The van der Waals surface area contributed by atoms with Gasteiger partial charge < -0.3 is 10.2 Å². The van der Waals surface area contributed by atoms with E-state index in [4.69, 9.17) is 16.4 Å². The van der Waals surface area contributed by atoms with Gasteiger partial charge in [-0.2, -0.15) is 5.06 Å². The maximum atomic E-state index is 17.3. The number of ketones is 1. The third-order valence-electron chi connectivity index (χ3n) is 9.71. The third kappa shape index (κ3) is 3.44. The van der Waals surface area contributed by atoms with Crippen LogP contribution < -0.4 is 0 Å². The number of carbonyl (C=O) groups is 2. The van der Waals surface area contributed by atoms with E-state index in [0.717, 1.165) is 4.88 Å². The molecule has 5 rings (SSSR count). The van der Waals surface area contributed by atoms with Gasteiger partial charge in [0.15, 0.2) is 17.1 Å². The minimum Gasteiger partial charge on any atom is -0.479 e. The number of nitrogens with zero attached hydrogens (tertiary/aromatic N) is 1. The van der Waals surface area contributed by atoms with Crippen LogP contribution in [0.25, 0.3) is 0 Å². The number of carbonyl (C=O) groups excluding carboxylic acids is 1. The number of allylic oxidation sites excluding steroid dienone is 4. The number of aliphatic carboxylic acids is 1. The summed E-state index contributed by atoms with van der Waals surface area (Å²) in [7, 11) is 0. The summed E-state index contributed by atoms with van der Waals surface area (Å²) < 4.78 is 17.9. The number of carboxylic acid groups (broad SMARTS) is 1. The first-order valence-corrected chi connectivity index (χ1v) is 13.8. The van der Waals surface area contributed by atoms with Crippen molar-refractivity contribution in [2.24, 2.45) is 22.7 Å². The van der Waals surface area contributed by atoms with E-state index in [0.29, 0.717) is 42.3 Å². The number of aliphatic hydroxyl groups is 1. The lowest BCUT2D eigenvalue weighted by atomic mass is 9.45. The van der Waals surface area contributed by atoms with Crippen molar-refractivity contribution in [3.05, 3.63) is 45.1 Å². The predicted octanol–water partition coefficient (Wildman–Crippen LogP) is 5.35. The standard InChI is InChI=1S/C27H33ClFNO5S/c1-4-30(15-18-6-8-22(28)36-18)35-26(23(33)34)12-10-19-20-7-5-16-13-17(31)9-11-24(16,2)27(20,29)21(32)14-25(19,26)3/h6,8-9,11,13,19-21,32H,4-5,7,10,12,14-15H2,1-3H3,(H,33,34)/t19-,20-,21-,24-,25-,26-,27-/m0/s1. The molecule has 196 valence electrons. The quantitative estimate of drug-likeness (QED) is 0.476. The van der Waals surface area contributed by atoms with Crippen LogP contribution >= 0.6 is 22.9 Å². The Morgan fingerprint density at radius 1 is 1.31 bits per heavy atom. The molecule has 0 saturated heterocycles. The van der Waals surface area contributed by atoms with Crippen molar-refractivity contribution >= 4 is 34.7 Å². The van der Waals surface area contributed by atoms with Gasteiger partial charge in [0.05, 0.1) is 17.0 Å². The molecule has 0 amide bonds. The first-order valence-electron chi connectivity index (χ1n) is 12.6. The third-order valence-corrected chi connectivity index (χ3v) is 10.9. The lowest BCUT2D eigenvalue weighted by Gasteiger charge is -2.62. The highest BCUT2D eigenvalue weighted by Crippen LogP contribution is 2.70. The zero-order chi connectivity index (χ0) is 26.1. The van der Waals surface area contributed by atoms with Crippen molar-refractivity contribution in [2.75, 3.05) is 6.54 Å². The molecule has 0 radical (unpaired) electrons. The van der Waals surface area contributed by atoms with E-state index in [1.165, 1.54) is 23.5 Å². The SMILES string of the molecule is CCN(Cc1ccc(Cl)s1)O[C@]1(C(=O)O)CC[C@H]2[C@@H]3CCC4=CC(=O)C=C[C@]4(C)[C@@]3(F)[C@@H](O)C[C@@]21C. The molecule has 36 heavy (non-hydrogen) atoms. The normalized spacial score (nSPS) is 41.6. The van der Waals surface area contributed by atoms with E-state index >= 15 is 4.39 Å². The van der Waals surface area contributed by atoms with Crippen LogP contribution in [0.15, 0.2) is 35.9 Å². The summed E-state index contributed by atoms with van der Waals surface area (Å²) in [5.74, 6) is -2.09. The topological polar surface area (TPSA) is 87.1 Å². The van der Waals surface area contributed by atoms with Gasteiger partial charge in [-0.15, -0.1) is 11.3 Å². The number of thiophene rings is 1. The lowest BCUT2D eigenvalue weighted by molar-refractivity contribution is -0.299. The van der Waals surface area contributed by atoms with Gasteiger partial charge in [0.1, 0.15) is 0 Å². The van der Waals surface area contributed by atoms with Crippen molar-refractivity contribution < 1.29 is 29.0 Å². The van der Waals surface area contributed by atoms with Crippen LogP contribution in [0, 0.1) is 22.7 Å². The fourth-order valence-electron chi connectivity index (χ4n) is 7.78. The molecule has 0 bridgehead atoms. The highest BCUT2D eigenvalue weighted by molar-refractivity contribution is 7.16. The molecule has 9 heteroatoms. The zero-order valence-electron chi connectivity index (χ0n) is 20.8. The Morgan fingerprint density at radius 2 is 2.06 bits per heavy atom. The monoisotopic (exact) mass is 537 g/mol. The predicted molar refractivity (Wildman–Crippen MR) is 135 cm³/mol. The molecule has 2 N–H and O–H groups in total. The molecule has 1 aromatic rings. The highest BCUT2D eigenvalue weighted by atomic mass is 35.5. The summed E-state index contributed by atoms with van der Waals surface area (Å²) >= 11 is 7.50. The van der Waals surface area contributed by atoms with Crippen molar-refractivity contribution in [3.8, 4) is 0 Å². The van der Waals surface area contributed by atoms with Crippen molar-refractivity contribution in [1.29, 1.82) is 0 Å². The molecule has 1 aromatic heterocycles. The van der Waals surface area contributed by atoms with Crippen LogP contribution in [-0.4, -0.2) is 50.9 Å². The molecule has 0 unspecified atom stereocenters. The lowest BCUT2D eigenvalue weighted by Crippen LogP contribution is -2.69. The van der Waals surface area contributed by atoms with Crippen LogP contribution in [0.5, 0.6) is 0 Å². The Hall–Kier alpha value is -1.58. The van der Waals surface area contributed by atoms with Gasteiger partial charge in [-0.3, -0.25) is 9.63 Å². The fourth-order valence-corrected chi connectivity index (χ4v) is 8.87. The number of halogens is 2. The number of hydrogen-bond acceptors (Lipinski definition) is 6. The Kier molecular flexibility index (Phi) is 6.32. The maximum absolute atomic E-state index is 17.3. The number of aliphatic hydroxyl groups excluding tert-OH is 1. The number of rotatable bonds is 6. The molecular formula is C27H33ClFNO5S. The summed E-state index contributed by atoms with van der Waals surface area (Å²) in [6.07, 6.45) is 4.80. The average molecular weight is 538 g/mol. The largest absolute Gasteiger partial charge is 0.479 e. The van der Waals surface area contributed by atoms with E-state index in [-0.39, 0.29) is 24.5 Å². The number of alkyl halides is 1. The van der Waals surface area contributed by atoms with Crippen LogP contribution in [0.4, 0.5) is 4.39 Å². The smallest absolute Gasteiger partial charge is 0.338 e. The van der Waals surface area contributed by atoms with Crippen molar-refractivity contribution in [3.63, 3.8) is 0 Å². The van der Waals surface area contributed by atoms with Gasteiger partial charge >= 0.3 is 5.97 Å². The molecule has 6 nitrogen and oxygen atoms in total. The fraction of sp³-hybridized carbons (Fsp3) is 0.630. The molecule has 4 aliphatic carbocycles. The Morgan fingerprint density at radius 3 is 2.69 bits per heavy atom. The van der Waals surface area contributed by atoms with Gasteiger partial charge in [0.25, 0.3) is 0 Å². The summed E-state index contributed by atoms with van der Waals surface area (Å²) in [6.45, 7) is 6.35. The van der Waals surface area contributed by atoms with E-state index in [1.54, 1.807) is 24.1 Å². The molecule has 7 atom stereocenters. The summed E-state index contributed by atoms with van der Waals surface area (Å²) in [4.78, 5) is 32.3. The van der Waals surface area contributed by atoms with Gasteiger partial charge in [-0.25, -0.2) is 9.18 Å². The summed E-state index contributed by atoms with van der Waals surface area (Å²) in [6, 6.07) is 3.69. The molecule has 0 spiro atoms. The minimum absolute atomic E-state index is 0.0377. The second-order valence-corrected chi connectivity index (χ2v) is 13.0. The first kappa shape index (κ1) is 26.0. The number of hydroxylamine groups is 2. The Balaban J connectivity index is 1.51. The second-order valence-electron chi connectivity index (χ2n) is 11.2. The number of hydrogen-bond donors (Lipinski definition) is 2. The second kappa shape index (κ2) is 8.73. The minimum atomic E-state index is -1.99. The molecule has 0 aliphatic heterocycles. The van der Waals surface area contributed by atoms with Crippen molar-refractivity contribution in [2.45, 2.75) is 76.8 Å². The van der Waals surface area contributed by atoms with E-state index in [1.807, 2.05) is 19.9 Å². The highest BCUT2D eigenvalue weighted by Gasteiger charge is 2.75. The molecule has 0 aromatic carbocycles. The van der Waals surface area contributed by atoms with Gasteiger partial charge in [-0.1, -0.05) is 37.1 Å². The number of carboxylic acids is 1. The zero-order valence-corrected chi connectivity index (χ0v) is 22.4. The van der Waals surface area contributed by atoms with Gasteiger partial charge in [0, 0.05) is 28.2 Å². The Labute approximate surface area is 219 Å². The van der Waals surface area contributed by atoms with Crippen LogP contribution in [-0.2, 0) is 21.0 Å². The molecule has 4 aliphatic rings. The van der Waals surface area contributed by atoms with E-state index in [2.05, 4.69) is 0 Å². The summed E-state index contributed by atoms with van der Waals surface area (Å²) in [5, 5.41) is 23.7. The Bertz CT molecular complexity index is 1150.